The molecule has 0 aliphatic carbocycles. The first-order valence-corrected chi connectivity index (χ1v) is 6.15. The monoisotopic (exact) mass is 263 g/mol. The molecular formula is C14H21N3O2. The summed E-state index contributed by atoms with van der Waals surface area (Å²) in [5, 5.41) is 2.67. The highest BCUT2D eigenvalue weighted by Crippen LogP contribution is 2.19. The van der Waals surface area contributed by atoms with Crippen molar-refractivity contribution in [3.8, 4) is 0 Å². The Bertz CT molecular complexity index is 461. The topological polar surface area (TPSA) is 98.2 Å². The number of hydrogen-bond acceptors (Lipinski definition) is 3. The zero-order chi connectivity index (χ0) is 14.6. The van der Waals surface area contributed by atoms with Gasteiger partial charge in [0, 0.05) is 12.1 Å². The molecule has 0 aromatic heterocycles. The summed E-state index contributed by atoms with van der Waals surface area (Å²) in [7, 11) is 0. The van der Waals surface area contributed by atoms with Crippen LogP contribution < -0.4 is 16.8 Å². The van der Waals surface area contributed by atoms with Gasteiger partial charge in [-0.05, 0) is 23.1 Å². The minimum atomic E-state index is -0.714. The van der Waals surface area contributed by atoms with Gasteiger partial charge in [0.1, 0.15) is 6.04 Å². The quantitative estimate of drug-likeness (QED) is 0.748. The highest BCUT2D eigenvalue weighted by atomic mass is 16.2. The summed E-state index contributed by atoms with van der Waals surface area (Å²) < 4.78 is 0. The van der Waals surface area contributed by atoms with E-state index in [2.05, 4.69) is 5.32 Å². The summed E-state index contributed by atoms with van der Waals surface area (Å²) in [4.78, 5) is 23.5. The minimum Gasteiger partial charge on any atom is -0.368 e. The molecule has 1 rings (SSSR count). The molecule has 0 radical (unpaired) electrons. The molecule has 1 aromatic rings. The van der Waals surface area contributed by atoms with E-state index in [0.717, 1.165) is 5.56 Å². The van der Waals surface area contributed by atoms with Crippen molar-refractivity contribution in [2.24, 2.45) is 16.9 Å². The molecule has 0 aliphatic heterocycles. The number of hydrogen-bond donors (Lipinski definition) is 3. The molecule has 5 heteroatoms. The Morgan fingerprint density at radius 2 is 1.74 bits per heavy atom. The number of rotatable bonds is 4. The van der Waals surface area contributed by atoms with Crippen LogP contribution in [0.15, 0.2) is 24.3 Å². The molecule has 0 saturated heterocycles. The second kappa shape index (κ2) is 5.84. The van der Waals surface area contributed by atoms with E-state index >= 15 is 0 Å². The number of nitrogens with one attached hydrogen (secondary N) is 1. The average molecular weight is 263 g/mol. The Labute approximate surface area is 113 Å². The molecule has 1 unspecified atom stereocenters. The van der Waals surface area contributed by atoms with Crippen LogP contribution in [0.4, 0.5) is 0 Å². The van der Waals surface area contributed by atoms with Crippen LogP contribution in [0, 0.1) is 5.41 Å². The molecule has 0 fully saturated rings. The lowest BCUT2D eigenvalue weighted by molar-refractivity contribution is -0.122. The third-order valence-corrected chi connectivity index (χ3v) is 2.88. The lowest BCUT2D eigenvalue weighted by Gasteiger charge is -2.28. The predicted octanol–water partition coefficient (Wildman–Crippen LogP) is 0.775. The smallest absolute Gasteiger partial charge is 0.251 e. The van der Waals surface area contributed by atoms with Gasteiger partial charge in [-0.2, -0.15) is 0 Å². The van der Waals surface area contributed by atoms with Gasteiger partial charge in [0.25, 0.3) is 5.91 Å². The van der Waals surface area contributed by atoms with Gasteiger partial charge >= 0.3 is 0 Å². The van der Waals surface area contributed by atoms with Crippen molar-refractivity contribution < 1.29 is 9.59 Å². The van der Waals surface area contributed by atoms with Crippen LogP contribution in [-0.2, 0) is 11.3 Å². The lowest BCUT2D eigenvalue weighted by atomic mass is 9.86. The van der Waals surface area contributed by atoms with Crippen molar-refractivity contribution in [3.63, 3.8) is 0 Å². The largest absolute Gasteiger partial charge is 0.368 e. The molecule has 0 bridgehead atoms. The summed E-state index contributed by atoms with van der Waals surface area (Å²) in [6, 6.07) is 6.21. The Kier molecular flexibility index (Phi) is 4.67. The maximum absolute atomic E-state index is 12.1. The SMILES string of the molecule is CC(C)(C)C(NC(=O)c1ccc(CN)cc1)C(N)=O. The maximum atomic E-state index is 12.1. The second-order valence-corrected chi connectivity index (χ2v) is 5.58. The summed E-state index contributed by atoms with van der Waals surface area (Å²) >= 11 is 0. The van der Waals surface area contributed by atoms with Crippen LogP contribution in [0.1, 0.15) is 36.7 Å². The van der Waals surface area contributed by atoms with E-state index < -0.39 is 17.4 Å². The van der Waals surface area contributed by atoms with Gasteiger partial charge in [0.15, 0.2) is 0 Å². The number of amides is 2. The normalized spacial score (nSPS) is 12.8. The molecule has 5 N–H and O–H groups in total. The maximum Gasteiger partial charge on any atom is 0.251 e. The van der Waals surface area contributed by atoms with Gasteiger partial charge in [-0.25, -0.2) is 0 Å². The summed E-state index contributed by atoms with van der Waals surface area (Å²) in [5.74, 6) is -0.860. The summed E-state index contributed by atoms with van der Waals surface area (Å²) in [6.07, 6.45) is 0. The molecule has 0 spiro atoms. The fraction of sp³-hybridized carbons (Fsp3) is 0.429. The molecule has 1 aromatic carbocycles. The summed E-state index contributed by atoms with van der Waals surface area (Å²) in [5.41, 5.74) is 11.8. The fourth-order valence-electron chi connectivity index (χ4n) is 1.72. The van der Waals surface area contributed by atoms with Crippen LogP contribution in [0.5, 0.6) is 0 Å². The number of carbonyl (C=O) groups excluding carboxylic acids is 2. The van der Waals surface area contributed by atoms with E-state index in [-0.39, 0.29) is 5.91 Å². The molecule has 104 valence electrons. The first kappa shape index (κ1) is 15.2. The van der Waals surface area contributed by atoms with Crippen molar-refractivity contribution in [1.29, 1.82) is 0 Å². The minimum absolute atomic E-state index is 0.317. The standard InChI is InChI=1S/C14H21N3O2/c1-14(2,3)11(12(16)18)17-13(19)10-6-4-9(8-15)5-7-10/h4-7,11H,8,15H2,1-3H3,(H2,16,18)(H,17,19). The number of carbonyl (C=O) groups is 2. The molecule has 5 nitrogen and oxygen atoms in total. The van der Waals surface area contributed by atoms with E-state index in [9.17, 15) is 9.59 Å². The van der Waals surface area contributed by atoms with Crippen LogP contribution in [0.3, 0.4) is 0 Å². The van der Waals surface area contributed by atoms with E-state index in [4.69, 9.17) is 11.5 Å². The van der Waals surface area contributed by atoms with Crippen molar-refractivity contribution >= 4 is 11.8 Å². The first-order valence-electron chi connectivity index (χ1n) is 6.15. The average Bonchev–Trinajstić information content (AvgIpc) is 2.34. The number of nitrogens with two attached hydrogens (primary N) is 2. The summed E-state index contributed by atoms with van der Waals surface area (Å²) in [6.45, 7) is 5.97. The third-order valence-electron chi connectivity index (χ3n) is 2.88. The van der Waals surface area contributed by atoms with Gasteiger partial charge in [-0.1, -0.05) is 32.9 Å². The van der Waals surface area contributed by atoms with Crippen molar-refractivity contribution in [2.75, 3.05) is 0 Å². The third kappa shape index (κ3) is 4.06. The van der Waals surface area contributed by atoms with Gasteiger partial charge < -0.3 is 16.8 Å². The van der Waals surface area contributed by atoms with Gasteiger partial charge in [-0.3, -0.25) is 9.59 Å². The zero-order valence-corrected chi connectivity index (χ0v) is 11.6. The van der Waals surface area contributed by atoms with Gasteiger partial charge in [0.05, 0.1) is 0 Å². The van der Waals surface area contributed by atoms with E-state index in [1.165, 1.54) is 0 Å². The van der Waals surface area contributed by atoms with Crippen LogP contribution in [0.25, 0.3) is 0 Å². The zero-order valence-electron chi connectivity index (χ0n) is 11.6. The van der Waals surface area contributed by atoms with Crippen molar-refractivity contribution in [2.45, 2.75) is 33.4 Å². The highest BCUT2D eigenvalue weighted by molar-refractivity contribution is 5.97. The van der Waals surface area contributed by atoms with Gasteiger partial charge in [-0.15, -0.1) is 0 Å². The molecule has 0 saturated carbocycles. The lowest BCUT2D eigenvalue weighted by Crippen LogP contribution is -2.52. The van der Waals surface area contributed by atoms with Crippen LogP contribution >= 0.6 is 0 Å². The second-order valence-electron chi connectivity index (χ2n) is 5.58. The van der Waals surface area contributed by atoms with E-state index in [1.54, 1.807) is 24.3 Å². The molecule has 19 heavy (non-hydrogen) atoms. The van der Waals surface area contributed by atoms with E-state index in [0.29, 0.717) is 12.1 Å². The Balaban J connectivity index is 2.85. The Morgan fingerprint density at radius 1 is 1.21 bits per heavy atom. The Morgan fingerprint density at radius 3 is 2.11 bits per heavy atom. The van der Waals surface area contributed by atoms with Crippen molar-refractivity contribution in [3.05, 3.63) is 35.4 Å². The van der Waals surface area contributed by atoms with Crippen molar-refractivity contribution in [1.82, 2.24) is 5.32 Å². The molecule has 1 atom stereocenters. The molecule has 0 heterocycles. The van der Waals surface area contributed by atoms with Crippen LogP contribution in [0.2, 0.25) is 0 Å². The van der Waals surface area contributed by atoms with Gasteiger partial charge in [0.2, 0.25) is 5.91 Å². The molecule has 2 amide bonds. The van der Waals surface area contributed by atoms with E-state index in [1.807, 2.05) is 20.8 Å². The molecule has 0 aliphatic rings. The van der Waals surface area contributed by atoms with Crippen LogP contribution in [-0.4, -0.2) is 17.9 Å². The first-order chi connectivity index (χ1) is 8.75. The Hall–Kier alpha value is -1.88. The predicted molar refractivity (Wildman–Crippen MR) is 74.2 cm³/mol. The fourth-order valence-corrected chi connectivity index (χ4v) is 1.72. The highest BCUT2D eigenvalue weighted by Gasteiger charge is 2.31. The number of benzene rings is 1. The molecular weight excluding hydrogens is 242 g/mol. The number of primary amides is 1.